The van der Waals surface area contributed by atoms with Crippen LogP contribution < -0.4 is 0 Å². The van der Waals surface area contributed by atoms with Gasteiger partial charge >= 0.3 is 0 Å². The second-order valence-electron chi connectivity index (χ2n) is 2.72. The molecule has 2 heteroatoms. The van der Waals surface area contributed by atoms with E-state index in [1.165, 1.54) is 4.91 Å². The highest BCUT2D eigenvalue weighted by molar-refractivity contribution is 8.20. The molecule has 0 nitrogen and oxygen atoms in total. The molecule has 0 amide bonds. The molecule has 0 saturated heterocycles. The highest BCUT2D eigenvalue weighted by atomic mass is 32.2. The summed E-state index contributed by atoms with van der Waals surface area (Å²) in [5, 5.41) is 2.23. The molecule has 0 saturated carbocycles. The lowest BCUT2D eigenvalue weighted by atomic mass is 10.0. The van der Waals surface area contributed by atoms with Gasteiger partial charge in [0.25, 0.3) is 0 Å². The van der Waals surface area contributed by atoms with Crippen LogP contribution in [0, 0.1) is 5.92 Å². The number of hydrogen-bond acceptors (Lipinski definition) is 2. The van der Waals surface area contributed by atoms with Crippen molar-refractivity contribution in [3.8, 4) is 0 Å². The molecule has 0 aliphatic carbocycles. The largest absolute Gasteiger partial charge is 0.119 e. The molecule has 0 bridgehead atoms. The Morgan fingerprint density at radius 2 is 2.20 bits per heavy atom. The molecular weight excluding hydrogens is 160 g/mol. The van der Waals surface area contributed by atoms with Crippen molar-refractivity contribution in [2.75, 3.05) is 0 Å². The van der Waals surface area contributed by atoms with Crippen molar-refractivity contribution in [1.82, 2.24) is 0 Å². The number of thioether (sulfide) groups is 2. The van der Waals surface area contributed by atoms with Gasteiger partial charge in [-0.15, -0.1) is 23.5 Å². The van der Waals surface area contributed by atoms with E-state index < -0.39 is 0 Å². The minimum Gasteiger partial charge on any atom is -0.119 e. The van der Waals surface area contributed by atoms with Gasteiger partial charge in [-0.2, -0.15) is 0 Å². The lowest BCUT2D eigenvalue weighted by Gasteiger charge is -2.06. The number of rotatable bonds is 0. The maximum Gasteiger partial charge on any atom is 0.0687 e. The zero-order valence-corrected chi connectivity index (χ0v) is 7.76. The van der Waals surface area contributed by atoms with Crippen LogP contribution in [-0.4, -0.2) is 4.58 Å². The van der Waals surface area contributed by atoms with Crippen LogP contribution in [0.2, 0.25) is 0 Å². The zero-order chi connectivity index (χ0) is 7.14. The molecule has 10 heavy (non-hydrogen) atoms. The first kappa shape index (κ1) is 6.86. The standard InChI is InChI=1S/C8H10S2/c1-5-6(2)10-8-7(5)3-4-9-8/h3-4,7-8H,1-2H3. The quantitative estimate of drug-likeness (QED) is 0.547. The summed E-state index contributed by atoms with van der Waals surface area (Å²) in [5.74, 6) is 0.745. The van der Waals surface area contributed by atoms with Gasteiger partial charge in [0.05, 0.1) is 4.58 Å². The van der Waals surface area contributed by atoms with Crippen LogP contribution in [0.1, 0.15) is 13.8 Å². The van der Waals surface area contributed by atoms with E-state index in [9.17, 15) is 0 Å². The molecular formula is C8H10S2. The van der Waals surface area contributed by atoms with Crippen molar-refractivity contribution in [1.29, 1.82) is 0 Å². The number of fused-ring (bicyclic) bond motifs is 1. The third-order valence-electron chi connectivity index (χ3n) is 2.14. The van der Waals surface area contributed by atoms with E-state index in [4.69, 9.17) is 0 Å². The van der Waals surface area contributed by atoms with Crippen LogP contribution in [0.3, 0.4) is 0 Å². The van der Waals surface area contributed by atoms with Gasteiger partial charge in [0.1, 0.15) is 0 Å². The number of allylic oxidation sites excluding steroid dienone is 3. The lowest BCUT2D eigenvalue weighted by molar-refractivity contribution is 0.871. The van der Waals surface area contributed by atoms with Crippen molar-refractivity contribution in [2.24, 2.45) is 5.92 Å². The van der Waals surface area contributed by atoms with Gasteiger partial charge in [-0.1, -0.05) is 11.6 Å². The Hall–Kier alpha value is 0.180. The molecule has 2 unspecified atom stereocenters. The van der Waals surface area contributed by atoms with E-state index in [-0.39, 0.29) is 0 Å². The van der Waals surface area contributed by atoms with E-state index in [0.717, 1.165) is 10.5 Å². The van der Waals surface area contributed by atoms with Gasteiger partial charge in [-0.3, -0.25) is 0 Å². The molecule has 0 spiro atoms. The highest BCUT2D eigenvalue weighted by Gasteiger charge is 2.32. The molecule has 0 radical (unpaired) electrons. The highest BCUT2D eigenvalue weighted by Crippen LogP contribution is 2.51. The molecule has 0 fully saturated rings. The minimum atomic E-state index is 0.745. The average Bonchev–Trinajstić information content (AvgIpc) is 2.41. The Morgan fingerprint density at radius 1 is 1.40 bits per heavy atom. The molecule has 54 valence electrons. The second-order valence-corrected chi connectivity index (χ2v) is 5.42. The molecule has 2 rings (SSSR count). The van der Waals surface area contributed by atoms with Crippen molar-refractivity contribution in [3.63, 3.8) is 0 Å². The molecule has 0 N–H and O–H groups in total. The first-order valence-corrected chi connectivity index (χ1v) is 5.27. The summed E-state index contributed by atoms with van der Waals surface area (Å²) in [6.45, 7) is 4.48. The van der Waals surface area contributed by atoms with Crippen LogP contribution >= 0.6 is 23.5 Å². The molecule has 2 aliphatic rings. The topological polar surface area (TPSA) is 0 Å². The Labute approximate surface area is 70.1 Å². The van der Waals surface area contributed by atoms with Crippen molar-refractivity contribution < 1.29 is 0 Å². The predicted molar refractivity (Wildman–Crippen MR) is 50.0 cm³/mol. The van der Waals surface area contributed by atoms with Crippen molar-refractivity contribution in [2.45, 2.75) is 18.4 Å². The zero-order valence-electron chi connectivity index (χ0n) is 6.13. The van der Waals surface area contributed by atoms with Gasteiger partial charge in [0, 0.05) is 5.92 Å². The Bertz CT molecular complexity index is 215. The maximum absolute atomic E-state index is 2.33. The molecule has 2 aliphatic heterocycles. The Balaban J connectivity index is 2.30. The van der Waals surface area contributed by atoms with Gasteiger partial charge in [0.15, 0.2) is 0 Å². The third kappa shape index (κ3) is 0.857. The minimum absolute atomic E-state index is 0.745. The van der Waals surface area contributed by atoms with E-state index in [0.29, 0.717) is 0 Å². The molecule has 0 aromatic carbocycles. The van der Waals surface area contributed by atoms with E-state index in [2.05, 4.69) is 25.3 Å². The summed E-state index contributed by atoms with van der Waals surface area (Å²) in [7, 11) is 0. The van der Waals surface area contributed by atoms with E-state index in [1.54, 1.807) is 5.57 Å². The van der Waals surface area contributed by atoms with Gasteiger partial charge in [0.2, 0.25) is 0 Å². The predicted octanol–water partition coefficient (Wildman–Crippen LogP) is 3.23. The van der Waals surface area contributed by atoms with E-state index in [1.807, 2.05) is 23.5 Å². The fourth-order valence-electron chi connectivity index (χ4n) is 1.33. The maximum atomic E-state index is 2.33. The average molecular weight is 170 g/mol. The van der Waals surface area contributed by atoms with Crippen molar-refractivity contribution >= 4 is 23.5 Å². The summed E-state index contributed by atoms with van der Waals surface area (Å²) in [4.78, 5) is 1.53. The SMILES string of the molecule is CC1=C(C)C2C=CSC2S1. The van der Waals surface area contributed by atoms with E-state index >= 15 is 0 Å². The summed E-state index contributed by atoms with van der Waals surface area (Å²) >= 11 is 3.99. The van der Waals surface area contributed by atoms with Crippen molar-refractivity contribution in [3.05, 3.63) is 22.0 Å². The fraction of sp³-hybridized carbons (Fsp3) is 0.500. The van der Waals surface area contributed by atoms with Crippen LogP contribution in [0.15, 0.2) is 22.0 Å². The first-order chi connectivity index (χ1) is 4.79. The molecule has 2 heterocycles. The van der Waals surface area contributed by atoms with Gasteiger partial charge in [-0.25, -0.2) is 0 Å². The third-order valence-corrected chi connectivity index (χ3v) is 4.84. The Morgan fingerprint density at radius 3 is 2.90 bits per heavy atom. The summed E-state index contributed by atoms with van der Waals surface area (Å²) in [6, 6.07) is 0. The van der Waals surface area contributed by atoms with Crippen LogP contribution in [0.25, 0.3) is 0 Å². The monoisotopic (exact) mass is 170 g/mol. The molecule has 0 aromatic heterocycles. The van der Waals surface area contributed by atoms with Gasteiger partial charge in [-0.05, 0) is 24.2 Å². The fourth-order valence-corrected chi connectivity index (χ4v) is 4.17. The second kappa shape index (κ2) is 2.35. The van der Waals surface area contributed by atoms with Gasteiger partial charge < -0.3 is 0 Å². The van der Waals surface area contributed by atoms with Crippen LogP contribution in [0.4, 0.5) is 0 Å². The first-order valence-electron chi connectivity index (χ1n) is 3.45. The number of hydrogen-bond donors (Lipinski definition) is 0. The Kier molecular flexibility index (Phi) is 1.61. The van der Waals surface area contributed by atoms with Crippen LogP contribution in [0.5, 0.6) is 0 Å². The summed E-state index contributed by atoms with van der Waals surface area (Å²) in [6.07, 6.45) is 2.33. The molecule has 0 aromatic rings. The molecule has 2 atom stereocenters. The normalized spacial score (nSPS) is 37.4. The van der Waals surface area contributed by atoms with Crippen LogP contribution in [-0.2, 0) is 0 Å². The lowest BCUT2D eigenvalue weighted by Crippen LogP contribution is -2.01. The summed E-state index contributed by atoms with van der Waals surface area (Å²) < 4.78 is 0.778. The summed E-state index contributed by atoms with van der Waals surface area (Å²) in [5.41, 5.74) is 1.58. The smallest absolute Gasteiger partial charge is 0.0687 e.